The van der Waals surface area contributed by atoms with E-state index in [1.165, 1.54) is 17.0 Å². The second kappa shape index (κ2) is 13.9. The van der Waals surface area contributed by atoms with Crippen LogP contribution >= 0.6 is 0 Å². The molecule has 1 N–H and O–H groups in total. The van der Waals surface area contributed by atoms with Crippen LogP contribution in [0.1, 0.15) is 36.5 Å². The first kappa shape index (κ1) is 29.8. The van der Waals surface area contributed by atoms with Crippen LogP contribution in [0.3, 0.4) is 0 Å². The summed E-state index contributed by atoms with van der Waals surface area (Å²) in [5, 5.41) is 2.95. The number of sulfonamides is 1. The maximum Gasteiger partial charge on any atom is 0.244 e. The summed E-state index contributed by atoms with van der Waals surface area (Å²) in [6.45, 7) is 4.01. The zero-order valence-corrected chi connectivity index (χ0v) is 23.5. The highest BCUT2D eigenvalue weighted by Crippen LogP contribution is 2.21. The van der Waals surface area contributed by atoms with E-state index in [4.69, 9.17) is 0 Å². The normalized spacial score (nSPS) is 12.0. The van der Waals surface area contributed by atoms with E-state index in [0.29, 0.717) is 6.54 Å². The smallest absolute Gasteiger partial charge is 0.244 e. The predicted molar refractivity (Wildman–Crippen MR) is 152 cm³/mol. The van der Waals surface area contributed by atoms with Gasteiger partial charge in [0, 0.05) is 19.5 Å². The summed E-state index contributed by atoms with van der Waals surface area (Å²) in [6, 6.07) is 21.0. The topological polar surface area (TPSA) is 86.8 Å². The van der Waals surface area contributed by atoms with Crippen molar-refractivity contribution < 1.29 is 22.4 Å². The summed E-state index contributed by atoms with van der Waals surface area (Å²) in [5.41, 5.74) is 2.84. The number of carbonyl (C=O) groups is 2. The molecule has 0 bridgehead atoms. The highest BCUT2D eigenvalue weighted by Gasteiger charge is 2.33. The second-order valence-corrected chi connectivity index (χ2v) is 11.5. The lowest BCUT2D eigenvalue weighted by molar-refractivity contribution is -0.140. The Kier molecular flexibility index (Phi) is 10.6. The van der Waals surface area contributed by atoms with Gasteiger partial charge in [-0.15, -0.1) is 0 Å². The molecule has 39 heavy (non-hydrogen) atoms. The number of unbranched alkanes of at least 4 members (excludes halogenated alkanes) is 1. The van der Waals surface area contributed by atoms with Crippen LogP contribution in [-0.2, 0) is 32.6 Å². The third-order valence-electron chi connectivity index (χ3n) is 6.33. The molecule has 0 saturated carbocycles. The van der Waals surface area contributed by atoms with Crippen molar-refractivity contribution in [2.24, 2.45) is 0 Å². The summed E-state index contributed by atoms with van der Waals surface area (Å²) in [5.74, 6) is -1.37. The number of rotatable bonds is 13. The van der Waals surface area contributed by atoms with Gasteiger partial charge in [0.15, 0.2) is 0 Å². The first-order valence-corrected chi connectivity index (χ1v) is 14.8. The molecule has 0 fully saturated rings. The molecule has 0 unspecified atom stereocenters. The number of hydrogen-bond acceptors (Lipinski definition) is 4. The molecule has 2 amide bonds. The van der Waals surface area contributed by atoms with Gasteiger partial charge in [-0.25, -0.2) is 12.8 Å². The average molecular weight is 554 g/mol. The monoisotopic (exact) mass is 553 g/mol. The van der Waals surface area contributed by atoms with Gasteiger partial charge in [0.1, 0.15) is 18.4 Å². The molecule has 0 aromatic heterocycles. The number of aryl methyl sites for hydroxylation is 1. The standard InChI is InChI=1S/C30H36FN3O4S/c1-4-5-18-32-30(36)28(20-24-11-7-6-8-12-24)33(21-25-13-9-10-23(2)19-25)29(35)22-34(39(3,37)38)27-16-14-26(31)15-17-27/h6-17,19,28H,4-5,18,20-22H2,1-3H3,(H,32,36)/t28-/m1/s1. The van der Waals surface area contributed by atoms with Crippen LogP contribution in [0.4, 0.5) is 10.1 Å². The Bertz CT molecular complexity index is 1350. The average Bonchev–Trinajstić information content (AvgIpc) is 2.90. The summed E-state index contributed by atoms with van der Waals surface area (Å²) in [4.78, 5) is 28.9. The lowest BCUT2D eigenvalue weighted by Gasteiger charge is -2.33. The quantitative estimate of drug-likeness (QED) is 0.317. The second-order valence-electron chi connectivity index (χ2n) is 9.61. The Morgan fingerprint density at radius 3 is 2.23 bits per heavy atom. The molecule has 3 aromatic carbocycles. The van der Waals surface area contributed by atoms with E-state index >= 15 is 0 Å². The zero-order valence-electron chi connectivity index (χ0n) is 22.6. The number of amides is 2. The van der Waals surface area contributed by atoms with Crippen LogP contribution in [0.2, 0.25) is 0 Å². The Labute approximate surface area is 230 Å². The molecule has 3 rings (SSSR count). The van der Waals surface area contributed by atoms with E-state index in [2.05, 4.69) is 5.32 Å². The predicted octanol–water partition coefficient (Wildman–Crippen LogP) is 4.46. The lowest BCUT2D eigenvalue weighted by Crippen LogP contribution is -2.53. The molecule has 9 heteroatoms. The maximum absolute atomic E-state index is 14.0. The number of nitrogens with one attached hydrogen (secondary N) is 1. The van der Waals surface area contributed by atoms with Crippen molar-refractivity contribution in [2.45, 2.75) is 45.7 Å². The van der Waals surface area contributed by atoms with Gasteiger partial charge in [0.2, 0.25) is 21.8 Å². The first-order chi connectivity index (χ1) is 18.6. The molecule has 3 aromatic rings. The molecule has 0 heterocycles. The van der Waals surface area contributed by atoms with Gasteiger partial charge in [-0.3, -0.25) is 13.9 Å². The van der Waals surface area contributed by atoms with Gasteiger partial charge in [-0.1, -0.05) is 73.5 Å². The van der Waals surface area contributed by atoms with Gasteiger partial charge in [0.05, 0.1) is 11.9 Å². The fraction of sp³-hybridized carbons (Fsp3) is 0.333. The molecular formula is C30H36FN3O4S. The van der Waals surface area contributed by atoms with E-state index in [-0.39, 0.29) is 24.6 Å². The Morgan fingerprint density at radius 1 is 0.949 bits per heavy atom. The van der Waals surface area contributed by atoms with Gasteiger partial charge >= 0.3 is 0 Å². The fourth-order valence-corrected chi connectivity index (χ4v) is 5.14. The molecule has 7 nitrogen and oxygen atoms in total. The van der Waals surface area contributed by atoms with Gasteiger partial charge in [-0.2, -0.15) is 0 Å². The minimum atomic E-state index is -3.90. The zero-order chi connectivity index (χ0) is 28.4. The molecule has 0 aliphatic carbocycles. The van der Waals surface area contributed by atoms with Crippen LogP contribution in [0, 0.1) is 12.7 Å². The minimum absolute atomic E-state index is 0.111. The van der Waals surface area contributed by atoms with Crippen molar-refractivity contribution >= 4 is 27.5 Å². The lowest BCUT2D eigenvalue weighted by atomic mass is 10.0. The molecule has 0 aliphatic rings. The van der Waals surface area contributed by atoms with E-state index in [1.807, 2.05) is 68.4 Å². The molecule has 1 atom stereocenters. The number of halogens is 1. The third-order valence-corrected chi connectivity index (χ3v) is 7.47. The van der Waals surface area contributed by atoms with E-state index in [9.17, 15) is 22.4 Å². The van der Waals surface area contributed by atoms with E-state index < -0.39 is 34.3 Å². The fourth-order valence-electron chi connectivity index (χ4n) is 4.29. The van der Waals surface area contributed by atoms with E-state index in [1.54, 1.807) is 0 Å². The number of carbonyl (C=O) groups excluding carboxylic acids is 2. The van der Waals surface area contributed by atoms with Crippen LogP contribution in [0.25, 0.3) is 0 Å². The van der Waals surface area contributed by atoms with Crippen molar-refractivity contribution in [1.29, 1.82) is 0 Å². The summed E-state index contributed by atoms with van der Waals surface area (Å²) in [6.07, 6.45) is 2.94. The highest BCUT2D eigenvalue weighted by molar-refractivity contribution is 7.92. The number of nitrogens with zero attached hydrogens (tertiary/aromatic N) is 2. The third kappa shape index (κ3) is 8.92. The van der Waals surface area contributed by atoms with Crippen LogP contribution in [0.5, 0.6) is 0 Å². The molecule has 208 valence electrons. The Balaban J connectivity index is 2.02. The largest absolute Gasteiger partial charge is 0.354 e. The summed E-state index contributed by atoms with van der Waals surface area (Å²) >= 11 is 0. The van der Waals surface area contributed by atoms with Crippen molar-refractivity contribution in [3.8, 4) is 0 Å². The van der Waals surface area contributed by atoms with Crippen molar-refractivity contribution in [2.75, 3.05) is 23.7 Å². The SMILES string of the molecule is CCCCNC(=O)[C@@H](Cc1ccccc1)N(Cc1cccc(C)c1)C(=O)CN(c1ccc(F)cc1)S(C)(=O)=O. The van der Waals surface area contributed by atoms with Crippen LogP contribution < -0.4 is 9.62 Å². The Morgan fingerprint density at radius 2 is 1.62 bits per heavy atom. The Hall–Kier alpha value is -3.72. The van der Waals surface area contributed by atoms with Crippen LogP contribution in [0.15, 0.2) is 78.9 Å². The number of anilines is 1. The molecule has 0 spiro atoms. The maximum atomic E-state index is 14.0. The van der Waals surface area contributed by atoms with Crippen LogP contribution in [-0.4, -0.2) is 50.5 Å². The first-order valence-electron chi connectivity index (χ1n) is 13.0. The molecule has 0 saturated heterocycles. The number of hydrogen-bond donors (Lipinski definition) is 1. The molecule has 0 aliphatic heterocycles. The van der Waals surface area contributed by atoms with Crippen molar-refractivity contribution in [1.82, 2.24) is 10.2 Å². The molecule has 0 radical (unpaired) electrons. The van der Waals surface area contributed by atoms with Gasteiger partial charge < -0.3 is 10.2 Å². The number of benzene rings is 3. The summed E-state index contributed by atoms with van der Waals surface area (Å²) < 4.78 is 39.9. The van der Waals surface area contributed by atoms with Gasteiger partial charge in [0.25, 0.3) is 0 Å². The minimum Gasteiger partial charge on any atom is -0.354 e. The van der Waals surface area contributed by atoms with Crippen molar-refractivity contribution in [3.63, 3.8) is 0 Å². The summed E-state index contributed by atoms with van der Waals surface area (Å²) in [7, 11) is -3.90. The molecular weight excluding hydrogens is 517 g/mol. The van der Waals surface area contributed by atoms with Gasteiger partial charge in [-0.05, 0) is 48.7 Å². The van der Waals surface area contributed by atoms with E-state index in [0.717, 1.165) is 52.2 Å². The highest BCUT2D eigenvalue weighted by atomic mass is 32.2. The van der Waals surface area contributed by atoms with Crippen molar-refractivity contribution in [3.05, 3.63) is 101 Å².